The Balaban J connectivity index is 1.58. The minimum atomic E-state index is 0.513. The van der Waals surface area contributed by atoms with Crippen LogP contribution in [-0.2, 0) is 6.54 Å². The minimum Gasteiger partial charge on any atom is -0.367 e. The van der Waals surface area contributed by atoms with Gasteiger partial charge in [-0.3, -0.25) is 4.84 Å². The summed E-state index contributed by atoms with van der Waals surface area (Å²) in [4.78, 5) is 10.0. The highest BCUT2D eigenvalue weighted by molar-refractivity contribution is 6.36. The van der Waals surface area contributed by atoms with Crippen LogP contribution in [0.1, 0.15) is 37.7 Å². The van der Waals surface area contributed by atoms with Crippen molar-refractivity contribution in [2.24, 2.45) is 0 Å². The fourth-order valence-corrected chi connectivity index (χ4v) is 3.64. The van der Waals surface area contributed by atoms with Crippen LogP contribution in [0.15, 0.2) is 36.8 Å². The van der Waals surface area contributed by atoms with Crippen LogP contribution >= 0.6 is 0 Å². The first kappa shape index (κ1) is 17.6. The highest BCUT2D eigenvalue weighted by Gasteiger charge is 2.16. The van der Waals surface area contributed by atoms with Crippen LogP contribution in [0, 0.1) is 0 Å². The van der Waals surface area contributed by atoms with Crippen LogP contribution in [0.2, 0.25) is 0 Å². The lowest BCUT2D eigenvalue weighted by atomic mass is 9.95. The van der Waals surface area contributed by atoms with Crippen LogP contribution in [0.25, 0.3) is 5.65 Å². The molecule has 8 heteroatoms. The lowest BCUT2D eigenvalue weighted by molar-refractivity contribution is -0.885. The third-order valence-corrected chi connectivity index (χ3v) is 5.13. The van der Waals surface area contributed by atoms with Crippen molar-refractivity contribution in [2.45, 2.75) is 44.7 Å². The van der Waals surface area contributed by atoms with Gasteiger partial charge >= 0.3 is 0 Å². The van der Waals surface area contributed by atoms with Crippen LogP contribution in [0.3, 0.4) is 0 Å². The molecular formula is C19H26BN6O+. The van der Waals surface area contributed by atoms with E-state index in [9.17, 15) is 0 Å². The predicted octanol–water partition coefficient (Wildman–Crippen LogP) is 0.690. The van der Waals surface area contributed by atoms with Crippen molar-refractivity contribution < 1.29 is 9.57 Å². The van der Waals surface area contributed by atoms with Crippen LogP contribution in [0.4, 0.5) is 11.6 Å². The second-order valence-electron chi connectivity index (χ2n) is 7.18. The van der Waals surface area contributed by atoms with Crippen LogP contribution in [-0.4, -0.2) is 35.6 Å². The second-order valence-corrected chi connectivity index (χ2v) is 7.18. The summed E-state index contributed by atoms with van der Waals surface area (Å²) >= 11 is 0. The first-order valence-electron chi connectivity index (χ1n) is 9.63. The van der Waals surface area contributed by atoms with Crippen molar-refractivity contribution in [3.05, 3.63) is 42.4 Å². The van der Waals surface area contributed by atoms with Crippen molar-refractivity contribution in [1.29, 1.82) is 0 Å². The number of rotatable bonds is 6. The van der Waals surface area contributed by atoms with E-state index in [1.807, 2.05) is 37.0 Å². The van der Waals surface area contributed by atoms with Gasteiger partial charge < -0.3 is 10.6 Å². The summed E-state index contributed by atoms with van der Waals surface area (Å²) in [7, 11) is 3.70. The average Bonchev–Trinajstić information content (AvgIpc) is 3.08. The quantitative estimate of drug-likeness (QED) is 0.497. The summed E-state index contributed by atoms with van der Waals surface area (Å²) < 4.78 is 3.56. The van der Waals surface area contributed by atoms with E-state index < -0.39 is 0 Å². The van der Waals surface area contributed by atoms with Gasteiger partial charge in [0.1, 0.15) is 26.6 Å². The zero-order valence-electron chi connectivity index (χ0n) is 16.0. The second kappa shape index (κ2) is 7.86. The Bertz CT molecular complexity index is 922. The van der Waals surface area contributed by atoms with Crippen molar-refractivity contribution >= 4 is 30.6 Å². The molecule has 0 bridgehead atoms. The summed E-state index contributed by atoms with van der Waals surface area (Å²) in [5.74, 6) is 1.85. The monoisotopic (exact) mass is 365 g/mol. The third-order valence-electron chi connectivity index (χ3n) is 5.13. The molecule has 2 N–H and O–H groups in total. The zero-order valence-corrected chi connectivity index (χ0v) is 16.0. The Kier molecular flexibility index (Phi) is 5.13. The third kappa shape index (κ3) is 3.99. The molecular weight excluding hydrogens is 339 g/mol. The molecule has 0 spiro atoms. The molecule has 0 atom stereocenters. The van der Waals surface area contributed by atoms with E-state index in [0.717, 1.165) is 28.3 Å². The van der Waals surface area contributed by atoms with Gasteiger partial charge in [-0.25, -0.2) is 4.98 Å². The van der Waals surface area contributed by atoms with Gasteiger partial charge in [0.25, 0.3) is 0 Å². The molecule has 0 aliphatic heterocycles. The van der Waals surface area contributed by atoms with E-state index in [2.05, 4.69) is 27.9 Å². The SMILES string of the molecule is Bc1cnn2c(NCc3ccc[n+](OC)c3)cc(NC3CCCCC3)nc12. The van der Waals surface area contributed by atoms with Gasteiger partial charge in [0.2, 0.25) is 12.4 Å². The molecule has 3 aromatic heterocycles. The lowest BCUT2D eigenvalue weighted by Gasteiger charge is -2.23. The Morgan fingerprint density at radius 1 is 1.33 bits per heavy atom. The smallest absolute Gasteiger partial charge is 0.227 e. The summed E-state index contributed by atoms with van der Waals surface area (Å²) in [6.07, 6.45) is 12.1. The highest BCUT2D eigenvalue weighted by Crippen LogP contribution is 2.23. The van der Waals surface area contributed by atoms with Crippen molar-refractivity contribution in [2.75, 3.05) is 17.7 Å². The van der Waals surface area contributed by atoms with Crippen LogP contribution in [0.5, 0.6) is 0 Å². The van der Waals surface area contributed by atoms with Gasteiger partial charge in [0.05, 0.1) is 0 Å². The fourth-order valence-electron chi connectivity index (χ4n) is 3.64. The Morgan fingerprint density at radius 2 is 2.19 bits per heavy atom. The molecule has 1 aliphatic rings. The summed E-state index contributed by atoms with van der Waals surface area (Å²) in [5.41, 5.74) is 3.08. The molecule has 140 valence electrons. The number of nitrogens with one attached hydrogen (secondary N) is 2. The molecule has 3 aromatic rings. The number of pyridine rings is 1. The van der Waals surface area contributed by atoms with Crippen molar-refractivity contribution in [1.82, 2.24) is 14.6 Å². The molecule has 0 aromatic carbocycles. The maximum Gasteiger partial charge on any atom is 0.227 e. The molecule has 0 radical (unpaired) electrons. The van der Waals surface area contributed by atoms with Crippen LogP contribution < -0.4 is 25.7 Å². The van der Waals surface area contributed by atoms with E-state index in [-0.39, 0.29) is 0 Å². The zero-order chi connectivity index (χ0) is 18.6. The highest BCUT2D eigenvalue weighted by atomic mass is 16.6. The Hall–Kier alpha value is -2.77. The topological polar surface area (TPSA) is 67.4 Å². The van der Waals surface area contributed by atoms with Gasteiger partial charge in [0, 0.05) is 41.2 Å². The van der Waals surface area contributed by atoms with E-state index >= 15 is 0 Å². The molecule has 0 unspecified atom stereocenters. The van der Waals surface area contributed by atoms with Gasteiger partial charge in [0.15, 0.2) is 5.65 Å². The molecule has 4 rings (SSSR count). The number of aromatic nitrogens is 4. The molecule has 1 fully saturated rings. The number of fused-ring (bicyclic) bond motifs is 1. The van der Waals surface area contributed by atoms with Crippen molar-refractivity contribution in [3.63, 3.8) is 0 Å². The Morgan fingerprint density at radius 3 is 3.00 bits per heavy atom. The van der Waals surface area contributed by atoms with Gasteiger partial charge in [-0.15, -0.1) is 0 Å². The molecule has 0 amide bonds. The number of nitrogens with zero attached hydrogens (tertiary/aromatic N) is 4. The first-order valence-corrected chi connectivity index (χ1v) is 9.63. The van der Waals surface area contributed by atoms with E-state index in [4.69, 9.17) is 9.82 Å². The van der Waals surface area contributed by atoms with E-state index in [1.165, 1.54) is 32.1 Å². The first-order chi connectivity index (χ1) is 13.2. The van der Waals surface area contributed by atoms with E-state index in [0.29, 0.717) is 12.6 Å². The van der Waals surface area contributed by atoms with Gasteiger partial charge in [-0.2, -0.15) is 9.61 Å². The van der Waals surface area contributed by atoms with Gasteiger partial charge in [-0.1, -0.05) is 19.3 Å². The summed E-state index contributed by atoms with van der Waals surface area (Å²) in [6.45, 7) is 0.672. The molecule has 1 aliphatic carbocycles. The predicted molar refractivity (Wildman–Crippen MR) is 108 cm³/mol. The van der Waals surface area contributed by atoms with Gasteiger partial charge in [-0.05, 0) is 24.4 Å². The van der Waals surface area contributed by atoms with Crippen molar-refractivity contribution in [3.8, 4) is 0 Å². The standard InChI is InChI=1S/C19H26BN6O/c1-27-25-9-5-6-14(13-25)11-21-18-10-17(23-15-7-3-2-4-8-15)24-19-16(20)12-22-26(18)19/h5-6,9-10,12-13,15,21H,2-4,7-8,11,20H2,1H3,(H,23,24)/q+1. The normalized spacial score (nSPS) is 15.0. The lowest BCUT2D eigenvalue weighted by Crippen LogP contribution is -2.40. The Labute approximate surface area is 160 Å². The molecule has 7 nitrogen and oxygen atoms in total. The summed E-state index contributed by atoms with van der Waals surface area (Å²) in [6, 6.07) is 6.61. The number of hydrogen-bond acceptors (Lipinski definition) is 5. The minimum absolute atomic E-state index is 0.513. The largest absolute Gasteiger partial charge is 0.367 e. The molecule has 27 heavy (non-hydrogen) atoms. The molecule has 3 heterocycles. The fraction of sp³-hybridized carbons (Fsp3) is 0.421. The average molecular weight is 365 g/mol. The summed E-state index contributed by atoms with van der Waals surface area (Å²) in [5, 5.41) is 11.6. The number of hydrogen-bond donors (Lipinski definition) is 2. The maximum atomic E-state index is 5.24. The maximum absolute atomic E-state index is 5.24. The molecule has 0 saturated heterocycles. The molecule has 1 saturated carbocycles. The van der Waals surface area contributed by atoms with E-state index in [1.54, 1.807) is 11.8 Å². The number of anilines is 2.